The minimum absolute atomic E-state index is 0.181. The summed E-state index contributed by atoms with van der Waals surface area (Å²) in [5, 5.41) is 17.0. The van der Waals surface area contributed by atoms with Crippen molar-refractivity contribution in [1.29, 1.82) is 0 Å². The van der Waals surface area contributed by atoms with Gasteiger partial charge in [0, 0.05) is 57.4 Å². The number of pyridine rings is 2. The number of nitrogens with one attached hydrogen (secondary N) is 1. The maximum absolute atomic E-state index is 14.4. The average Bonchev–Trinajstić information content (AvgIpc) is 3.25. The van der Waals surface area contributed by atoms with E-state index in [9.17, 15) is 9.50 Å². The van der Waals surface area contributed by atoms with E-state index in [1.54, 1.807) is 10.6 Å². The van der Waals surface area contributed by atoms with Crippen LogP contribution < -0.4 is 5.32 Å². The summed E-state index contributed by atoms with van der Waals surface area (Å²) < 4.78 is 16.2. The quantitative estimate of drug-likeness (QED) is 0.433. The Kier molecular flexibility index (Phi) is 6.43. The van der Waals surface area contributed by atoms with Crippen molar-refractivity contribution >= 4 is 17.0 Å². The third-order valence-electron chi connectivity index (χ3n) is 6.01. The molecule has 5 heterocycles. The molecule has 0 saturated carbocycles. The van der Waals surface area contributed by atoms with Gasteiger partial charge in [0.1, 0.15) is 11.2 Å². The second-order valence-electron chi connectivity index (χ2n) is 8.40. The molecule has 1 aliphatic rings. The Bertz CT molecular complexity index is 1290. The number of aliphatic hydroxyl groups is 1. The van der Waals surface area contributed by atoms with Crippen molar-refractivity contribution in [2.75, 3.05) is 44.6 Å². The highest BCUT2D eigenvalue weighted by Crippen LogP contribution is 2.28. The molecule has 0 spiro atoms. The summed E-state index contributed by atoms with van der Waals surface area (Å²) in [5.74, 6) is 0.507. The van der Waals surface area contributed by atoms with E-state index >= 15 is 0 Å². The summed E-state index contributed by atoms with van der Waals surface area (Å²) >= 11 is 0. The third kappa shape index (κ3) is 4.74. The Morgan fingerprint density at radius 2 is 1.88 bits per heavy atom. The van der Waals surface area contributed by atoms with Gasteiger partial charge in [-0.3, -0.25) is 14.8 Å². The zero-order valence-corrected chi connectivity index (χ0v) is 19.0. The Hall–Kier alpha value is -3.47. The molecule has 0 amide bonds. The number of aryl methyl sites for hydroxylation is 1. The number of aromatic nitrogens is 5. The summed E-state index contributed by atoms with van der Waals surface area (Å²) in [7, 11) is 0. The molecule has 4 aromatic rings. The first kappa shape index (κ1) is 22.3. The fourth-order valence-corrected chi connectivity index (χ4v) is 4.24. The maximum atomic E-state index is 14.4. The monoisotopic (exact) mass is 462 g/mol. The molecule has 0 unspecified atom stereocenters. The fraction of sp³-hybridized carbons (Fsp3) is 0.333. The van der Waals surface area contributed by atoms with Crippen molar-refractivity contribution in [3.63, 3.8) is 0 Å². The Morgan fingerprint density at radius 3 is 2.65 bits per heavy atom. The van der Waals surface area contributed by atoms with Crippen LogP contribution in [0.1, 0.15) is 11.3 Å². The lowest BCUT2D eigenvalue weighted by Gasteiger charge is -2.34. The third-order valence-corrected chi connectivity index (χ3v) is 6.01. The van der Waals surface area contributed by atoms with Gasteiger partial charge in [-0.15, -0.1) is 5.10 Å². The van der Waals surface area contributed by atoms with Gasteiger partial charge in [0.2, 0.25) is 5.82 Å². The molecule has 0 aromatic carbocycles. The molecule has 9 nitrogen and oxygen atoms in total. The Labute approximate surface area is 196 Å². The van der Waals surface area contributed by atoms with Gasteiger partial charge in [0.15, 0.2) is 11.6 Å². The molecule has 0 radical (unpaired) electrons. The molecule has 0 bridgehead atoms. The lowest BCUT2D eigenvalue weighted by atomic mass is 10.2. The van der Waals surface area contributed by atoms with Crippen LogP contribution in [-0.2, 0) is 6.54 Å². The SMILES string of the molecule is Cc1cccc(-c2nc(Nc3ccncc3F)c3c(CN4CCN(CCO)CC4)ccn3n2)n1. The zero-order chi connectivity index (χ0) is 23.5. The normalized spacial score (nSPS) is 15.1. The van der Waals surface area contributed by atoms with E-state index in [1.807, 2.05) is 37.4 Å². The van der Waals surface area contributed by atoms with E-state index in [2.05, 4.69) is 25.1 Å². The van der Waals surface area contributed by atoms with Crippen LogP contribution >= 0.6 is 0 Å². The molecular formula is C24H27FN8O. The number of hydrogen-bond acceptors (Lipinski definition) is 8. The molecule has 4 aromatic heterocycles. The summed E-state index contributed by atoms with van der Waals surface area (Å²) in [5.41, 5.74) is 3.66. The smallest absolute Gasteiger partial charge is 0.200 e. The van der Waals surface area contributed by atoms with Crippen molar-refractivity contribution < 1.29 is 9.50 Å². The van der Waals surface area contributed by atoms with Crippen LogP contribution in [0.4, 0.5) is 15.9 Å². The van der Waals surface area contributed by atoms with Crippen LogP contribution in [0.25, 0.3) is 17.0 Å². The number of fused-ring (bicyclic) bond motifs is 1. The minimum Gasteiger partial charge on any atom is -0.395 e. The standard InChI is InChI=1S/C24H27FN8O/c1-17-3-2-4-21(27-17)23-29-24(28-20-5-7-26-15-19(20)25)22-18(6-8-33(22)30-23)16-32-11-9-31(10-12-32)13-14-34/h2-8,15,34H,9-14,16H2,1H3,(H,26,28,29,30). The molecule has 5 rings (SSSR count). The molecule has 10 heteroatoms. The number of β-amino-alcohol motifs (C(OH)–C–C–N with tert-alkyl or cyclic N) is 1. The van der Waals surface area contributed by atoms with Gasteiger partial charge in [-0.1, -0.05) is 6.07 Å². The summed E-state index contributed by atoms with van der Waals surface area (Å²) in [6, 6.07) is 9.31. The van der Waals surface area contributed by atoms with E-state index in [1.165, 1.54) is 12.4 Å². The lowest BCUT2D eigenvalue weighted by molar-refractivity contribution is 0.109. The molecule has 1 aliphatic heterocycles. The van der Waals surface area contributed by atoms with Crippen LogP contribution in [0.5, 0.6) is 0 Å². The molecule has 34 heavy (non-hydrogen) atoms. The molecule has 1 saturated heterocycles. The second-order valence-corrected chi connectivity index (χ2v) is 8.40. The van der Waals surface area contributed by atoms with E-state index in [0.29, 0.717) is 29.6 Å². The largest absolute Gasteiger partial charge is 0.395 e. The van der Waals surface area contributed by atoms with Crippen LogP contribution in [0.15, 0.2) is 48.9 Å². The van der Waals surface area contributed by atoms with Gasteiger partial charge in [-0.05, 0) is 36.8 Å². The number of nitrogens with zero attached hydrogens (tertiary/aromatic N) is 7. The van der Waals surface area contributed by atoms with E-state index in [4.69, 9.17) is 10.1 Å². The lowest BCUT2D eigenvalue weighted by Crippen LogP contribution is -2.46. The van der Waals surface area contributed by atoms with Crippen molar-refractivity contribution in [3.05, 3.63) is 66.0 Å². The highest BCUT2D eigenvalue weighted by molar-refractivity contribution is 5.78. The molecule has 0 atom stereocenters. The highest BCUT2D eigenvalue weighted by atomic mass is 19.1. The topological polar surface area (TPSA) is 94.7 Å². The number of aliphatic hydroxyl groups excluding tert-OH is 1. The van der Waals surface area contributed by atoms with Gasteiger partial charge in [0.05, 0.1) is 18.5 Å². The predicted octanol–water partition coefficient (Wildman–Crippen LogP) is 2.49. The molecule has 176 valence electrons. The first-order valence-electron chi connectivity index (χ1n) is 11.3. The average molecular weight is 463 g/mol. The van der Waals surface area contributed by atoms with E-state index in [-0.39, 0.29) is 6.61 Å². The first-order chi connectivity index (χ1) is 16.6. The van der Waals surface area contributed by atoms with E-state index in [0.717, 1.165) is 49.5 Å². The van der Waals surface area contributed by atoms with Crippen molar-refractivity contribution in [2.24, 2.45) is 0 Å². The Balaban J connectivity index is 1.51. The van der Waals surface area contributed by atoms with Gasteiger partial charge in [-0.25, -0.2) is 18.9 Å². The predicted molar refractivity (Wildman–Crippen MR) is 127 cm³/mol. The number of piperazine rings is 1. The molecule has 1 fully saturated rings. The van der Waals surface area contributed by atoms with Crippen molar-refractivity contribution in [1.82, 2.24) is 34.4 Å². The molecule has 0 aliphatic carbocycles. The van der Waals surface area contributed by atoms with Crippen LogP contribution in [-0.4, -0.2) is 78.8 Å². The van der Waals surface area contributed by atoms with Gasteiger partial charge >= 0.3 is 0 Å². The van der Waals surface area contributed by atoms with Crippen LogP contribution in [0, 0.1) is 12.7 Å². The summed E-state index contributed by atoms with van der Waals surface area (Å²) in [6.45, 7) is 7.18. The number of hydrogen-bond donors (Lipinski definition) is 2. The Morgan fingerprint density at radius 1 is 1.06 bits per heavy atom. The highest BCUT2D eigenvalue weighted by Gasteiger charge is 2.20. The maximum Gasteiger partial charge on any atom is 0.200 e. The van der Waals surface area contributed by atoms with Gasteiger partial charge in [-0.2, -0.15) is 0 Å². The van der Waals surface area contributed by atoms with Crippen LogP contribution in [0.3, 0.4) is 0 Å². The number of anilines is 2. The molecule has 2 N–H and O–H groups in total. The van der Waals surface area contributed by atoms with Gasteiger partial charge < -0.3 is 10.4 Å². The second kappa shape index (κ2) is 9.80. The fourth-order valence-electron chi connectivity index (χ4n) is 4.24. The summed E-state index contributed by atoms with van der Waals surface area (Å²) in [4.78, 5) is 17.8. The summed E-state index contributed by atoms with van der Waals surface area (Å²) in [6.07, 6.45) is 4.62. The molecular weight excluding hydrogens is 435 g/mol. The first-order valence-corrected chi connectivity index (χ1v) is 11.3. The van der Waals surface area contributed by atoms with E-state index < -0.39 is 5.82 Å². The van der Waals surface area contributed by atoms with Crippen molar-refractivity contribution in [2.45, 2.75) is 13.5 Å². The number of rotatable bonds is 7. The number of halogens is 1. The zero-order valence-electron chi connectivity index (χ0n) is 19.0. The van der Waals surface area contributed by atoms with Gasteiger partial charge in [0.25, 0.3) is 0 Å². The van der Waals surface area contributed by atoms with Crippen molar-refractivity contribution in [3.8, 4) is 11.5 Å². The van der Waals surface area contributed by atoms with Crippen LogP contribution in [0.2, 0.25) is 0 Å². The minimum atomic E-state index is -0.456.